The predicted molar refractivity (Wildman–Crippen MR) is 63.5 cm³/mol. The average molecular weight is 231 g/mol. The lowest BCUT2D eigenvalue weighted by Crippen LogP contribution is -2.33. The maximum Gasteiger partial charge on any atom is 0.169 e. The molecule has 1 saturated carbocycles. The Morgan fingerprint density at radius 2 is 1.88 bits per heavy atom. The van der Waals surface area contributed by atoms with Crippen LogP contribution in [0.25, 0.3) is 0 Å². The third kappa shape index (κ3) is 7.17. The van der Waals surface area contributed by atoms with Gasteiger partial charge in [-0.05, 0) is 32.6 Å². The molecule has 1 fully saturated rings. The minimum Gasteiger partial charge on any atom is -0.380 e. The van der Waals surface area contributed by atoms with Crippen molar-refractivity contribution >= 4 is 0 Å². The van der Waals surface area contributed by atoms with E-state index in [0.29, 0.717) is 13.2 Å². The van der Waals surface area contributed by atoms with Gasteiger partial charge in [-0.15, -0.1) is 0 Å². The van der Waals surface area contributed by atoms with E-state index in [1.54, 1.807) is 0 Å². The molecule has 4 heteroatoms. The van der Waals surface area contributed by atoms with E-state index in [1.165, 1.54) is 12.8 Å². The van der Waals surface area contributed by atoms with Crippen LogP contribution in [-0.2, 0) is 14.2 Å². The molecule has 1 aliphatic rings. The highest BCUT2D eigenvalue weighted by Gasteiger charge is 2.20. The highest BCUT2D eigenvalue weighted by Crippen LogP contribution is 2.28. The zero-order valence-electron chi connectivity index (χ0n) is 10.5. The fourth-order valence-electron chi connectivity index (χ4n) is 1.44. The Kier molecular flexibility index (Phi) is 7.76. The van der Waals surface area contributed by atoms with Crippen molar-refractivity contribution in [2.75, 3.05) is 39.5 Å². The number of ether oxygens (including phenoxy) is 3. The maximum atomic E-state index is 5.52. The second-order valence-electron chi connectivity index (χ2n) is 4.06. The van der Waals surface area contributed by atoms with Gasteiger partial charge in [0, 0.05) is 32.9 Å². The van der Waals surface area contributed by atoms with E-state index in [-0.39, 0.29) is 6.29 Å². The molecule has 0 heterocycles. The lowest BCUT2D eigenvalue weighted by Gasteiger charge is -2.17. The number of rotatable bonds is 11. The van der Waals surface area contributed by atoms with Crippen LogP contribution in [-0.4, -0.2) is 45.8 Å². The van der Waals surface area contributed by atoms with Crippen molar-refractivity contribution in [1.29, 1.82) is 0 Å². The fraction of sp³-hybridized carbons (Fsp3) is 1.00. The quantitative estimate of drug-likeness (QED) is 0.431. The molecule has 0 radical (unpaired) electrons. The second-order valence-corrected chi connectivity index (χ2v) is 4.06. The van der Waals surface area contributed by atoms with Crippen LogP contribution in [0.2, 0.25) is 0 Å². The summed E-state index contributed by atoms with van der Waals surface area (Å²) in [5.74, 6) is 0.847. The SMILES string of the molecule is CCOC(CNCCOCC1CC1)OCC. The van der Waals surface area contributed by atoms with E-state index >= 15 is 0 Å². The Morgan fingerprint density at radius 1 is 1.19 bits per heavy atom. The standard InChI is InChI=1S/C12H25NO3/c1-3-15-12(16-4-2)9-13-7-8-14-10-11-5-6-11/h11-13H,3-10H2,1-2H3. The van der Waals surface area contributed by atoms with Crippen LogP contribution in [0.4, 0.5) is 0 Å². The van der Waals surface area contributed by atoms with Gasteiger partial charge in [-0.25, -0.2) is 0 Å². The molecule has 1 aliphatic carbocycles. The van der Waals surface area contributed by atoms with Gasteiger partial charge < -0.3 is 19.5 Å². The molecule has 0 aromatic heterocycles. The summed E-state index contributed by atoms with van der Waals surface area (Å²) < 4.78 is 16.3. The van der Waals surface area contributed by atoms with Crippen LogP contribution in [0.15, 0.2) is 0 Å². The van der Waals surface area contributed by atoms with Gasteiger partial charge >= 0.3 is 0 Å². The van der Waals surface area contributed by atoms with Crippen molar-refractivity contribution in [2.24, 2.45) is 5.92 Å². The molecule has 1 rings (SSSR count). The minimum atomic E-state index is -0.126. The smallest absolute Gasteiger partial charge is 0.169 e. The van der Waals surface area contributed by atoms with Crippen molar-refractivity contribution in [1.82, 2.24) is 5.32 Å². The molecule has 0 bridgehead atoms. The molecule has 0 aromatic carbocycles. The first-order valence-corrected chi connectivity index (χ1v) is 6.38. The van der Waals surface area contributed by atoms with Crippen molar-refractivity contribution in [3.05, 3.63) is 0 Å². The Balaban J connectivity index is 1.85. The van der Waals surface area contributed by atoms with Crippen LogP contribution in [0.3, 0.4) is 0 Å². The Labute approximate surface area is 98.6 Å². The highest BCUT2D eigenvalue weighted by atomic mass is 16.7. The van der Waals surface area contributed by atoms with Gasteiger partial charge in [-0.1, -0.05) is 0 Å². The van der Waals surface area contributed by atoms with Crippen LogP contribution >= 0.6 is 0 Å². The van der Waals surface area contributed by atoms with Crippen LogP contribution in [0.1, 0.15) is 26.7 Å². The molecule has 16 heavy (non-hydrogen) atoms. The first-order valence-electron chi connectivity index (χ1n) is 6.38. The summed E-state index contributed by atoms with van der Waals surface area (Å²) in [6, 6.07) is 0. The van der Waals surface area contributed by atoms with Crippen LogP contribution < -0.4 is 5.32 Å². The molecule has 4 nitrogen and oxygen atoms in total. The first-order chi connectivity index (χ1) is 7.86. The summed E-state index contributed by atoms with van der Waals surface area (Å²) in [5.41, 5.74) is 0. The number of hydrogen-bond acceptors (Lipinski definition) is 4. The van der Waals surface area contributed by atoms with Gasteiger partial charge in [0.2, 0.25) is 0 Å². The number of nitrogens with one attached hydrogen (secondary N) is 1. The third-order valence-corrected chi connectivity index (χ3v) is 2.49. The van der Waals surface area contributed by atoms with Crippen LogP contribution in [0, 0.1) is 5.92 Å². The molecule has 0 spiro atoms. The average Bonchev–Trinajstić information content (AvgIpc) is 3.07. The third-order valence-electron chi connectivity index (χ3n) is 2.49. The minimum absolute atomic E-state index is 0.126. The topological polar surface area (TPSA) is 39.7 Å². The molecule has 0 aromatic rings. The van der Waals surface area contributed by atoms with Gasteiger partial charge in [-0.3, -0.25) is 0 Å². The Bertz CT molecular complexity index is 156. The predicted octanol–water partition coefficient (Wildman–Crippen LogP) is 1.40. The molecule has 1 N–H and O–H groups in total. The first kappa shape index (κ1) is 13.9. The van der Waals surface area contributed by atoms with Crippen LogP contribution in [0.5, 0.6) is 0 Å². The van der Waals surface area contributed by atoms with E-state index in [1.807, 2.05) is 13.8 Å². The molecule has 0 saturated heterocycles. The summed E-state index contributed by atoms with van der Waals surface area (Å²) in [7, 11) is 0. The normalized spacial score (nSPS) is 15.9. The highest BCUT2D eigenvalue weighted by molar-refractivity contribution is 4.71. The van der Waals surface area contributed by atoms with Gasteiger partial charge in [0.1, 0.15) is 0 Å². The Morgan fingerprint density at radius 3 is 2.44 bits per heavy atom. The van der Waals surface area contributed by atoms with E-state index in [9.17, 15) is 0 Å². The van der Waals surface area contributed by atoms with E-state index in [2.05, 4.69) is 5.32 Å². The van der Waals surface area contributed by atoms with Crippen molar-refractivity contribution < 1.29 is 14.2 Å². The van der Waals surface area contributed by atoms with Gasteiger partial charge in [0.15, 0.2) is 6.29 Å². The monoisotopic (exact) mass is 231 g/mol. The summed E-state index contributed by atoms with van der Waals surface area (Å²) in [4.78, 5) is 0. The molecule has 0 unspecified atom stereocenters. The second kappa shape index (κ2) is 8.93. The summed E-state index contributed by atoms with van der Waals surface area (Å²) in [5, 5.41) is 3.27. The zero-order valence-corrected chi connectivity index (χ0v) is 10.5. The Hall–Kier alpha value is -0.160. The molecule has 96 valence electrons. The van der Waals surface area contributed by atoms with Crippen molar-refractivity contribution in [3.8, 4) is 0 Å². The zero-order chi connectivity index (χ0) is 11.6. The summed E-state index contributed by atoms with van der Waals surface area (Å²) in [6.07, 6.45) is 2.58. The van der Waals surface area contributed by atoms with Crippen molar-refractivity contribution in [2.45, 2.75) is 33.0 Å². The van der Waals surface area contributed by atoms with Gasteiger partial charge in [0.25, 0.3) is 0 Å². The molecular weight excluding hydrogens is 206 g/mol. The van der Waals surface area contributed by atoms with Gasteiger partial charge in [-0.2, -0.15) is 0 Å². The lowest BCUT2D eigenvalue weighted by molar-refractivity contribution is -0.133. The molecular formula is C12H25NO3. The van der Waals surface area contributed by atoms with Crippen molar-refractivity contribution in [3.63, 3.8) is 0 Å². The lowest BCUT2D eigenvalue weighted by atomic mass is 10.5. The van der Waals surface area contributed by atoms with E-state index in [0.717, 1.165) is 32.2 Å². The largest absolute Gasteiger partial charge is 0.380 e. The molecule has 0 aliphatic heterocycles. The summed E-state index contributed by atoms with van der Waals surface area (Å²) in [6.45, 7) is 8.63. The van der Waals surface area contributed by atoms with Gasteiger partial charge in [0.05, 0.1) is 6.61 Å². The molecule has 0 atom stereocenters. The fourth-order valence-corrected chi connectivity index (χ4v) is 1.44. The summed E-state index contributed by atoms with van der Waals surface area (Å²) >= 11 is 0. The molecule has 0 amide bonds. The maximum absolute atomic E-state index is 5.52. The van der Waals surface area contributed by atoms with E-state index in [4.69, 9.17) is 14.2 Å². The number of hydrogen-bond donors (Lipinski definition) is 1. The van der Waals surface area contributed by atoms with E-state index < -0.39 is 0 Å².